The van der Waals surface area contributed by atoms with Gasteiger partial charge in [-0.05, 0) is 67.9 Å². The van der Waals surface area contributed by atoms with Crippen molar-refractivity contribution in [2.75, 3.05) is 12.9 Å². The maximum atomic E-state index is 6.60. The van der Waals surface area contributed by atoms with E-state index in [9.17, 15) is 0 Å². The van der Waals surface area contributed by atoms with Gasteiger partial charge in [0, 0.05) is 18.2 Å². The Hall–Kier alpha value is -1.90. The van der Waals surface area contributed by atoms with Crippen molar-refractivity contribution in [3.05, 3.63) is 30.5 Å². The van der Waals surface area contributed by atoms with Gasteiger partial charge < -0.3 is 9.16 Å². The minimum Gasteiger partial charge on any atom is -0.543 e. The van der Waals surface area contributed by atoms with Crippen LogP contribution in [0.25, 0.3) is 22.3 Å². The molecular formula is C23H32N4O2SSi. The molecule has 1 atom stereocenters. The van der Waals surface area contributed by atoms with Crippen LogP contribution < -0.4 is 4.43 Å². The van der Waals surface area contributed by atoms with Crippen molar-refractivity contribution in [1.29, 1.82) is 0 Å². The van der Waals surface area contributed by atoms with Gasteiger partial charge in [-0.3, -0.25) is 0 Å². The molecule has 166 valence electrons. The number of hydrogen-bond acceptors (Lipinski definition) is 6. The van der Waals surface area contributed by atoms with Gasteiger partial charge in [0.05, 0.1) is 11.2 Å². The van der Waals surface area contributed by atoms with Crippen LogP contribution in [0.15, 0.2) is 35.6 Å². The molecule has 3 heterocycles. The highest BCUT2D eigenvalue weighted by atomic mass is 32.2. The molecule has 0 bridgehead atoms. The van der Waals surface area contributed by atoms with Crippen molar-refractivity contribution in [1.82, 2.24) is 19.7 Å². The average molecular weight is 457 g/mol. The van der Waals surface area contributed by atoms with E-state index in [-0.39, 0.29) is 11.3 Å². The van der Waals surface area contributed by atoms with Gasteiger partial charge in [0.2, 0.25) is 8.32 Å². The first-order valence-electron chi connectivity index (χ1n) is 10.9. The Morgan fingerprint density at radius 2 is 2.00 bits per heavy atom. The van der Waals surface area contributed by atoms with Crippen molar-refractivity contribution in [3.8, 4) is 17.1 Å². The summed E-state index contributed by atoms with van der Waals surface area (Å²) in [5.41, 5.74) is 2.72. The molecule has 1 saturated heterocycles. The lowest BCUT2D eigenvalue weighted by atomic mass is 10.1. The summed E-state index contributed by atoms with van der Waals surface area (Å²) in [6.45, 7) is 12.1. The summed E-state index contributed by atoms with van der Waals surface area (Å²) in [6.07, 6.45) is 6.97. The maximum Gasteiger partial charge on any atom is 0.250 e. The van der Waals surface area contributed by atoms with E-state index in [4.69, 9.17) is 19.2 Å². The number of thioether (sulfide) groups is 1. The van der Waals surface area contributed by atoms with Gasteiger partial charge in [-0.25, -0.2) is 14.6 Å². The zero-order chi connectivity index (χ0) is 22.2. The molecular weight excluding hydrogens is 424 g/mol. The minimum absolute atomic E-state index is 0.0426. The van der Waals surface area contributed by atoms with E-state index < -0.39 is 8.32 Å². The number of nitrogens with zero attached hydrogens (tertiary/aromatic N) is 4. The van der Waals surface area contributed by atoms with Crippen molar-refractivity contribution >= 4 is 31.0 Å². The van der Waals surface area contributed by atoms with Gasteiger partial charge >= 0.3 is 0 Å². The van der Waals surface area contributed by atoms with Crippen molar-refractivity contribution in [3.63, 3.8) is 0 Å². The largest absolute Gasteiger partial charge is 0.543 e. The van der Waals surface area contributed by atoms with Gasteiger partial charge in [0.1, 0.15) is 11.4 Å². The van der Waals surface area contributed by atoms with E-state index in [1.807, 2.05) is 17.0 Å². The number of benzene rings is 1. The summed E-state index contributed by atoms with van der Waals surface area (Å²) in [4.78, 5) is 9.04. The Labute approximate surface area is 189 Å². The SMILES string of the molecule is CSc1nccc(-c2nn(C3CCCCO3)c3ccc(O[Si](C)(C)C(C)(C)C)cc23)n1. The second-order valence-electron chi connectivity index (χ2n) is 9.58. The number of hydrogen-bond donors (Lipinski definition) is 0. The molecule has 0 aliphatic carbocycles. The molecule has 31 heavy (non-hydrogen) atoms. The van der Waals surface area contributed by atoms with Crippen molar-refractivity contribution in [2.24, 2.45) is 0 Å². The van der Waals surface area contributed by atoms with Crippen LogP contribution in [0.3, 0.4) is 0 Å². The van der Waals surface area contributed by atoms with E-state index in [0.717, 1.165) is 59.1 Å². The molecule has 1 aromatic carbocycles. The molecule has 0 radical (unpaired) electrons. The fourth-order valence-electron chi connectivity index (χ4n) is 3.53. The first-order valence-corrected chi connectivity index (χ1v) is 15.0. The summed E-state index contributed by atoms with van der Waals surface area (Å²) in [7, 11) is -1.95. The van der Waals surface area contributed by atoms with Crippen LogP contribution in [-0.4, -0.2) is 40.9 Å². The van der Waals surface area contributed by atoms with Gasteiger partial charge in [0.25, 0.3) is 0 Å². The van der Waals surface area contributed by atoms with Gasteiger partial charge in [0.15, 0.2) is 11.4 Å². The topological polar surface area (TPSA) is 62.1 Å². The molecule has 1 unspecified atom stereocenters. The Balaban J connectivity index is 1.83. The van der Waals surface area contributed by atoms with E-state index in [2.05, 4.69) is 57.0 Å². The molecule has 0 amide bonds. The van der Waals surface area contributed by atoms with Crippen LogP contribution in [0.2, 0.25) is 18.1 Å². The highest BCUT2D eigenvalue weighted by Gasteiger charge is 2.39. The van der Waals surface area contributed by atoms with Crippen LogP contribution in [-0.2, 0) is 4.74 Å². The standard InChI is InChI=1S/C23H32N4O2SSi/c1-23(2,3)31(5,6)29-16-10-11-19-17(15-16)21(18-12-13-24-22(25-18)30-4)26-27(19)20-9-7-8-14-28-20/h10-13,15,20H,7-9,14H2,1-6H3. The molecule has 1 aliphatic rings. The number of ether oxygens (including phenoxy) is 1. The highest BCUT2D eigenvalue weighted by Crippen LogP contribution is 2.39. The predicted octanol–water partition coefficient (Wildman–Crippen LogP) is 6.30. The zero-order valence-electron chi connectivity index (χ0n) is 19.3. The van der Waals surface area contributed by atoms with E-state index in [0.29, 0.717) is 0 Å². The van der Waals surface area contributed by atoms with Crippen LogP contribution in [0.5, 0.6) is 5.75 Å². The first kappa shape index (κ1) is 22.3. The Kier molecular flexibility index (Phi) is 6.16. The van der Waals surface area contributed by atoms with Gasteiger partial charge in [-0.15, -0.1) is 0 Å². The molecule has 0 spiro atoms. The quantitative estimate of drug-likeness (QED) is 0.255. The normalized spacial score (nSPS) is 17.8. The van der Waals surface area contributed by atoms with E-state index in [1.54, 1.807) is 6.20 Å². The molecule has 1 aliphatic heterocycles. The molecule has 2 aromatic heterocycles. The predicted molar refractivity (Wildman–Crippen MR) is 129 cm³/mol. The summed E-state index contributed by atoms with van der Waals surface area (Å²) in [5.74, 6) is 0.892. The second-order valence-corrected chi connectivity index (χ2v) is 15.1. The minimum atomic E-state index is -1.95. The van der Waals surface area contributed by atoms with Crippen LogP contribution in [0.4, 0.5) is 0 Å². The second kappa shape index (κ2) is 8.56. The Morgan fingerprint density at radius 1 is 1.19 bits per heavy atom. The fourth-order valence-corrected chi connectivity index (χ4v) is 4.91. The van der Waals surface area contributed by atoms with Gasteiger partial charge in [-0.2, -0.15) is 5.10 Å². The van der Waals surface area contributed by atoms with Crippen molar-refractivity contribution < 1.29 is 9.16 Å². The molecule has 0 N–H and O–H groups in total. The lowest BCUT2D eigenvalue weighted by Crippen LogP contribution is -2.43. The van der Waals surface area contributed by atoms with Crippen LogP contribution in [0, 0.1) is 0 Å². The third-order valence-corrected chi connectivity index (χ3v) is 11.3. The number of aromatic nitrogens is 4. The summed E-state index contributed by atoms with van der Waals surface area (Å²) < 4.78 is 14.7. The lowest BCUT2D eigenvalue weighted by Gasteiger charge is -2.36. The number of fused-ring (bicyclic) bond motifs is 1. The van der Waals surface area contributed by atoms with E-state index in [1.165, 1.54) is 11.8 Å². The maximum absolute atomic E-state index is 6.60. The molecule has 6 nitrogen and oxygen atoms in total. The average Bonchev–Trinajstić information content (AvgIpc) is 3.12. The van der Waals surface area contributed by atoms with Crippen molar-refractivity contribution in [2.45, 2.75) is 69.6 Å². The molecule has 3 aromatic rings. The Bertz CT molecular complexity index is 1070. The lowest BCUT2D eigenvalue weighted by molar-refractivity contribution is -0.0365. The van der Waals surface area contributed by atoms with Crippen LogP contribution in [0.1, 0.15) is 46.3 Å². The summed E-state index contributed by atoms with van der Waals surface area (Å²) in [6, 6.07) is 8.23. The summed E-state index contributed by atoms with van der Waals surface area (Å²) in [5, 5.41) is 6.90. The molecule has 8 heteroatoms. The highest BCUT2D eigenvalue weighted by molar-refractivity contribution is 7.98. The fraction of sp³-hybridized carbons (Fsp3) is 0.522. The zero-order valence-corrected chi connectivity index (χ0v) is 21.1. The smallest absolute Gasteiger partial charge is 0.250 e. The summed E-state index contributed by atoms with van der Waals surface area (Å²) >= 11 is 1.53. The first-order chi connectivity index (χ1) is 14.7. The molecule has 0 saturated carbocycles. The molecule has 4 rings (SSSR count). The molecule has 1 fully saturated rings. The number of rotatable bonds is 5. The third kappa shape index (κ3) is 4.52. The van der Waals surface area contributed by atoms with Gasteiger partial charge in [-0.1, -0.05) is 32.5 Å². The van der Waals surface area contributed by atoms with Crippen LogP contribution >= 0.6 is 11.8 Å². The Morgan fingerprint density at radius 3 is 2.68 bits per heavy atom. The third-order valence-electron chi connectivity index (χ3n) is 6.34. The van der Waals surface area contributed by atoms with E-state index >= 15 is 0 Å². The monoisotopic (exact) mass is 456 g/mol.